The maximum Gasteiger partial charge on any atom is 0.0705 e. The number of nitrogens with two attached hydrogens (primary N) is 2. The summed E-state index contributed by atoms with van der Waals surface area (Å²) in [7, 11) is 0. The van der Waals surface area contributed by atoms with Crippen molar-refractivity contribution in [2.24, 2.45) is 5.73 Å². The summed E-state index contributed by atoms with van der Waals surface area (Å²) in [6.45, 7) is 3.58. The van der Waals surface area contributed by atoms with Crippen molar-refractivity contribution in [3.8, 4) is 0 Å². The molecule has 0 unspecified atom stereocenters. The number of para-hydroxylation sites is 1. The number of anilines is 1. The molecule has 0 aliphatic carbocycles. The third-order valence-corrected chi connectivity index (χ3v) is 2.24. The highest BCUT2D eigenvalue weighted by atomic mass is 16.3. The van der Waals surface area contributed by atoms with Gasteiger partial charge in [-0.3, -0.25) is 0 Å². The first-order valence-corrected chi connectivity index (χ1v) is 4.32. The molecule has 5 N–H and O–H groups in total. The molecule has 1 aromatic carbocycles. The van der Waals surface area contributed by atoms with Gasteiger partial charge in [-0.1, -0.05) is 18.2 Å². The van der Waals surface area contributed by atoms with Crippen LogP contribution in [0.2, 0.25) is 0 Å². The highest BCUT2D eigenvalue weighted by Crippen LogP contribution is 2.23. The first kappa shape index (κ1) is 10.0. The van der Waals surface area contributed by atoms with Crippen LogP contribution in [0.1, 0.15) is 24.1 Å². The van der Waals surface area contributed by atoms with Gasteiger partial charge in [-0.25, -0.2) is 0 Å². The monoisotopic (exact) mass is 180 g/mol. The zero-order valence-electron chi connectivity index (χ0n) is 7.99. The Labute approximate surface area is 78.4 Å². The summed E-state index contributed by atoms with van der Waals surface area (Å²) in [5, 5.41) is 9.31. The SMILES string of the molecule is Cc1cccc([C@H](N)[C@H](C)O)c1N. The largest absolute Gasteiger partial charge is 0.398 e. The van der Waals surface area contributed by atoms with Crippen molar-refractivity contribution >= 4 is 5.69 Å². The van der Waals surface area contributed by atoms with Gasteiger partial charge in [0.2, 0.25) is 0 Å². The molecule has 0 aliphatic heterocycles. The highest BCUT2D eigenvalue weighted by Gasteiger charge is 2.14. The minimum Gasteiger partial charge on any atom is -0.398 e. The van der Waals surface area contributed by atoms with Crippen molar-refractivity contribution in [3.05, 3.63) is 29.3 Å². The molecule has 2 atom stereocenters. The smallest absolute Gasteiger partial charge is 0.0705 e. The first-order valence-electron chi connectivity index (χ1n) is 4.32. The molecule has 1 rings (SSSR count). The van der Waals surface area contributed by atoms with Gasteiger partial charge in [0.05, 0.1) is 12.1 Å². The van der Waals surface area contributed by atoms with Gasteiger partial charge in [0, 0.05) is 5.69 Å². The van der Waals surface area contributed by atoms with E-state index >= 15 is 0 Å². The van der Waals surface area contributed by atoms with Crippen LogP contribution in [0.3, 0.4) is 0 Å². The fraction of sp³-hybridized carbons (Fsp3) is 0.400. The molecular formula is C10H16N2O. The van der Waals surface area contributed by atoms with Crippen molar-refractivity contribution in [1.82, 2.24) is 0 Å². The Morgan fingerprint density at radius 3 is 2.54 bits per heavy atom. The van der Waals surface area contributed by atoms with E-state index in [1.54, 1.807) is 6.92 Å². The van der Waals surface area contributed by atoms with Crippen molar-refractivity contribution in [3.63, 3.8) is 0 Å². The lowest BCUT2D eigenvalue weighted by Crippen LogP contribution is -2.24. The summed E-state index contributed by atoms with van der Waals surface area (Å²) in [5.41, 5.74) is 14.1. The van der Waals surface area contributed by atoms with E-state index < -0.39 is 12.1 Å². The van der Waals surface area contributed by atoms with Crippen molar-refractivity contribution in [1.29, 1.82) is 0 Å². The molecule has 0 aliphatic rings. The predicted molar refractivity (Wildman–Crippen MR) is 54.2 cm³/mol. The lowest BCUT2D eigenvalue weighted by atomic mass is 9.99. The topological polar surface area (TPSA) is 72.3 Å². The van der Waals surface area contributed by atoms with Gasteiger partial charge >= 0.3 is 0 Å². The highest BCUT2D eigenvalue weighted by molar-refractivity contribution is 5.54. The zero-order valence-corrected chi connectivity index (χ0v) is 7.99. The summed E-state index contributed by atoms with van der Waals surface area (Å²) in [4.78, 5) is 0. The van der Waals surface area contributed by atoms with E-state index in [0.29, 0.717) is 5.69 Å². The van der Waals surface area contributed by atoms with Crippen LogP contribution in [0, 0.1) is 6.92 Å². The minimum absolute atomic E-state index is 0.403. The molecule has 13 heavy (non-hydrogen) atoms. The zero-order chi connectivity index (χ0) is 10.0. The number of aliphatic hydroxyl groups is 1. The van der Waals surface area contributed by atoms with E-state index in [4.69, 9.17) is 11.5 Å². The number of hydrogen-bond donors (Lipinski definition) is 3. The van der Waals surface area contributed by atoms with Gasteiger partial charge < -0.3 is 16.6 Å². The number of rotatable bonds is 2. The van der Waals surface area contributed by atoms with Crippen molar-refractivity contribution in [2.75, 3.05) is 5.73 Å². The molecule has 0 bridgehead atoms. The first-order chi connectivity index (χ1) is 6.04. The molecule has 0 saturated heterocycles. The quantitative estimate of drug-likeness (QED) is 0.593. The summed E-state index contributed by atoms with van der Waals surface area (Å²) >= 11 is 0. The molecular weight excluding hydrogens is 164 g/mol. The second-order valence-electron chi connectivity index (χ2n) is 3.34. The molecule has 3 nitrogen and oxygen atoms in total. The summed E-state index contributed by atoms with van der Waals surface area (Å²) in [6.07, 6.45) is -0.580. The molecule has 72 valence electrons. The Hall–Kier alpha value is -1.06. The molecule has 0 fully saturated rings. The van der Waals surface area contributed by atoms with E-state index in [9.17, 15) is 5.11 Å². The maximum absolute atomic E-state index is 9.31. The third-order valence-electron chi connectivity index (χ3n) is 2.24. The maximum atomic E-state index is 9.31. The third kappa shape index (κ3) is 1.99. The number of aryl methyl sites for hydroxylation is 1. The molecule has 0 amide bonds. The fourth-order valence-electron chi connectivity index (χ4n) is 1.25. The number of aliphatic hydroxyl groups excluding tert-OH is 1. The normalized spacial score (nSPS) is 15.4. The predicted octanol–water partition coefficient (Wildman–Crippen LogP) is 0.958. The van der Waals surface area contributed by atoms with Crippen LogP contribution in [-0.4, -0.2) is 11.2 Å². The van der Waals surface area contributed by atoms with Crippen molar-refractivity contribution in [2.45, 2.75) is 26.0 Å². The Kier molecular flexibility index (Phi) is 2.90. The van der Waals surface area contributed by atoms with E-state index in [2.05, 4.69) is 0 Å². The van der Waals surface area contributed by atoms with Gasteiger partial charge in [-0.05, 0) is 25.0 Å². The van der Waals surface area contributed by atoms with Crippen LogP contribution in [0.25, 0.3) is 0 Å². The molecule has 1 aromatic rings. The van der Waals surface area contributed by atoms with Crippen LogP contribution in [0.15, 0.2) is 18.2 Å². The molecule has 0 spiro atoms. The number of nitrogen functional groups attached to an aromatic ring is 1. The van der Waals surface area contributed by atoms with Gasteiger partial charge in [0.15, 0.2) is 0 Å². The minimum atomic E-state index is -0.580. The second-order valence-corrected chi connectivity index (χ2v) is 3.34. The second kappa shape index (κ2) is 3.77. The molecule has 0 heterocycles. The average Bonchev–Trinajstić information content (AvgIpc) is 2.08. The van der Waals surface area contributed by atoms with Gasteiger partial charge in [0.25, 0.3) is 0 Å². The van der Waals surface area contributed by atoms with E-state index in [-0.39, 0.29) is 0 Å². The molecule has 0 radical (unpaired) electrons. The van der Waals surface area contributed by atoms with Crippen LogP contribution in [0.4, 0.5) is 5.69 Å². The molecule has 3 heteroatoms. The Morgan fingerprint density at radius 2 is 2.00 bits per heavy atom. The van der Waals surface area contributed by atoms with Crippen LogP contribution in [-0.2, 0) is 0 Å². The van der Waals surface area contributed by atoms with Crippen LogP contribution < -0.4 is 11.5 Å². The lowest BCUT2D eigenvalue weighted by Gasteiger charge is -2.18. The fourth-order valence-corrected chi connectivity index (χ4v) is 1.25. The molecule has 0 aromatic heterocycles. The van der Waals surface area contributed by atoms with Crippen molar-refractivity contribution < 1.29 is 5.11 Å². The Bertz CT molecular complexity index is 297. The lowest BCUT2D eigenvalue weighted by molar-refractivity contribution is 0.164. The Balaban J connectivity index is 3.07. The van der Waals surface area contributed by atoms with Crippen LogP contribution in [0.5, 0.6) is 0 Å². The van der Waals surface area contributed by atoms with E-state index in [0.717, 1.165) is 11.1 Å². The van der Waals surface area contributed by atoms with E-state index in [1.165, 1.54) is 0 Å². The summed E-state index contributed by atoms with van der Waals surface area (Å²) in [5.74, 6) is 0. The van der Waals surface area contributed by atoms with Gasteiger partial charge in [-0.15, -0.1) is 0 Å². The average molecular weight is 180 g/mol. The van der Waals surface area contributed by atoms with Crippen LogP contribution >= 0.6 is 0 Å². The van der Waals surface area contributed by atoms with Gasteiger partial charge in [0.1, 0.15) is 0 Å². The summed E-state index contributed by atoms with van der Waals surface area (Å²) < 4.78 is 0. The Morgan fingerprint density at radius 1 is 1.38 bits per heavy atom. The summed E-state index contributed by atoms with van der Waals surface area (Å²) in [6, 6.07) is 5.26. The molecule has 0 saturated carbocycles. The number of benzene rings is 1. The standard InChI is InChI=1S/C10H16N2O/c1-6-4-3-5-8(9(6)11)10(12)7(2)13/h3-5,7,10,13H,11-12H2,1-2H3/t7-,10+/m0/s1. The van der Waals surface area contributed by atoms with E-state index in [1.807, 2.05) is 25.1 Å². The van der Waals surface area contributed by atoms with Gasteiger partial charge in [-0.2, -0.15) is 0 Å². The number of hydrogen-bond acceptors (Lipinski definition) is 3.